The van der Waals surface area contributed by atoms with Crippen molar-refractivity contribution in [2.24, 2.45) is 5.92 Å². The molecular formula is C17H25N3O2. The van der Waals surface area contributed by atoms with E-state index in [1.807, 2.05) is 0 Å². The molecule has 0 aliphatic heterocycles. The molecule has 2 saturated carbocycles. The fourth-order valence-corrected chi connectivity index (χ4v) is 3.68. The fraction of sp³-hybridized carbons (Fsp3) is 0.706. The van der Waals surface area contributed by atoms with Gasteiger partial charge >= 0.3 is 0 Å². The van der Waals surface area contributed by atoms with Crippen LogP contribution >= 0.6 is 0 Å². The summed E-state index contributed by atoms with van der Waals surface area (Å²) in [6, 6.07) is 1.68. The molecular weight excluding hydrogens is 278 g/mol. The first-order chi connectivity index (χ1) is 10.7. The van der Waals surface area contributed by atoms with Crippen molar-refractivity contribution in [3.8, 4) is 0 Å². The van der Waals surface area contributed by atoms with Crippen LogP contribution in [-0.2, 0) is 11.3 Å². The van der Waals surface area contributed by atoms with Gasteiger partial charge in [-0.3, -0.25) is 14.2 Å². The second kappa shape index (κ2) is 7.07. The minimum Gasteiger partial charge on any atom is -0.354 e. The molecule has 0 atom stereocenters. The molecule has 5 nitrogen and oxygen atoms in total. The number of hydrogen-bond donors (Lipinski definition) is 1. The number of hydrogen-bond acceptors (Lipinski definition) is 3. The van der Waals surface area contributed by atoms with Crippen LogP contribution in [0.1, 0.15) is 63.0 Å². The Hall–Kier alpha value is -1.65. The van der Waals surface area contributed by atoms with E-state index in [1.165, 1.54) is 12.8 Å². The molecule has 1 amide bonds. The van der Waals surface area contributed by atoms with Crippen LogP contribution in [-0.4, -0.2) is 22.0 Å². The maximum Gasteiger partial charge on any atom is 0.253 e. The average Bonchev–Trinajstić information content (AvgIpc) is 3.22. The Morgan fingerprint density at radius 3 is 2.55 bits per heavy atom. The molecule has 0 saturated heterocycles. The highest BCUT2D eigenvalue weighted by Crippen LogP contribution is 2.32. The van der Waals surface area contributed by atoms with E-state index in [4.69, 9.17) is 0 Å². The molecule has 0 aromatic carbocycles. The lowest BCUT2D eigenvalue weighted by Gasteiger charge is -2.12. The van der Waals surface area contributed by atoms with Crippen LogP contribution in [0, 0.1) is 5.92 Å². The Balaban J connectivity index is 1.52. The maximum atomic E-state index is 12.1. The van der Waals surface area contributed by atoms with Gasteiger partial charge in [0.05, 0.1) is 12.0 Å². The zero-order valence-electron chi connectivity index (χ0n) is 13.1. The van der Waals surface area contributed by atoms with Gasteiger partial charge in [-0.15, -0.1) is 0 Å². The highest BCUT2D eigenvalue weighted by atomic mass is 16.2. The number of carbonyl (C=O) groups is 1. The van der Waals surface area contributed by atoms with Crippen molar-refractivity contribution in [1.29, 1.82) is 0 Å². The molecule has 0 unspecified atom stereocenters. The van der Waals surface area contributed by atoms with E-state index in [0.29, 0.717) is 19.0 Å². The molecule has 3 rings (SSSR count). The molecule has 2 aliphatic rings. The minimum atomic E-state index is -0.00739. The van der Waals surface area contributed by atoms with Crippen LogP contribution in [0.25, 0.3) is 0 Å². The van der Waals surface area contributed by atoms with Gasteiger partial charge < -0.3 is 5.32 Å². The molecule has 0 radical (unpaired) electrons. The van der Waals surface area contributed by atoms with E-state index in [-0.39, 0.29) is 17.4 Å². The van der Waals surface area contributed by atoms with E-state index in [9.17, 15) is 9.59 Å². The lowest BCUT2D eigenvalue weighted by atomic mass is 10.0. The van der Waals surface area contributed by atoms with E-state index in [1.54, 1.807) is 17.0 Å². The van der Waals surface area contributed by atoms with E-state index < -0.39 is 0 Å². The quantitative estimate of drug-likeness (QED) is 0.907. The molecule has 2 fully saturated rings. The third-order valence-corrected chi connectivity index (χ3v) is 5.05. The zero-order chi connectivity index (χ0) is 15.4. The van der Waals surface area contributed by atoms with Gasteiger partial charge in [0.25, 0.3) is 5.56 Å². The fourth-order valence-electron chi connectivity index (χ4n) is 3.68. The van der Waals surface area contributed by atoms with Gasteiger partial charge in [0.2, 0.25) is 5.91 Å². The molecule has 22 heavy (non-hydrogen) atoms. The molecule has 1 aromatic heterocycles. The van der Waals surface area contributed by atoms with Crippen molar-refractivity contribution in [2.45, 2.75) is 63.8 Å². The van der Waals surface area contributed by atoms with Gasteiger partial charge in [0.1, 0.15) is 0 Å². The van der Waals surface area contributed by atoms with Crippen LogP contribution < -0.4 is 10.9 Å². The van der Waals surface area contributed by atoms with Crippen molar-refractivity contribution in [3.63, 3.8) is 0 Å². The summed E-state index contributed by atoms with van der Waals surface area (Å²) in [5.41, 5.74) is 0.931. The Labute approximate surface area is 131 Å². The Morgan fingerprint density at radius 2 is 1.86 bits per heavy atom. The second-order valence-corrected chi connectivity index (χ2v) is 6.60. The number of nitrogens with zero attached hydrogens (tertiary/aromatic N) is 2. The number of aromatic nitrogens is 2. The van der Waals surface area contributed by atoms with Gasteiger partial charge in [-0.2, -0.15) is 0 Å². The van der Waals surface area contributed by atoms with Crippen molar-refractivity contribution in [2.75, 3.05) is 6.54 Å². The third kappa shape index (κ3) is 3.57. The van der Waals surface area contributed by atoms with Crippen molar-refractivity contribution in [3.05, 3.63) is 28.4 Å². The lowest BCUT2D eigenvalue weighted by molar-refractivity contribution is -0.124. The Morgan fingerprint density at radius 1 is 1.18 bits per heavy atom. The summed E-state index contributed by atoms with van der Waals surface area (Å²) in [5, 5.41) is 2.94. The Kier molecular flexibility index (Phi) is 4.90. The highest BCUT2D eigenvalue weighted by molar-refractivity contribution is 5.78. The van der Waals surface area contributed by atoms with Gasteiger partial charge in [-0.05, 0) is 25.7 Å². The lowest BCUT2D eigenvalue weighted by Crippen LogP contribution is -2.34. The molecule has 0 spiro atoms. The molecule has 0 bridgehead atoms. The normalized spacial score (nSPS) is 19.6. The average molecular weight is 303 g/mol. The predicted molar refractivity (Wildman–Crippen MR) is 84.7 cm³/mol. The first-order valence-corrected chi connectivity index (χ1v) is 8.58. The Bertz CT molecular complexity index is 570. The number of carbonyl (C=O) groups excluding carboxylic acids is 1. The smallest absolute Gasteiger partial charge is 0.253 e. The molecule has 1 heterocycles. The van der Waals surface area contributed by atoms with Gasteiger partial charge in [0, 0.05) is 31.0 Å². The summed E-state index contributed by atoms with van der Waals surface area (Å²) in [6.07, 6.45) is 10.7. The minimum absolute atomic E-state index is 0.00739. The summed E-state index contributed by atoms with van der Waals surface area (Å²) < 4.78 is 1.59. The standard InChI is InChI=1S/C17H25N3O2/c21-16-11-15(13-5-1-2-6-13)19-12-20(16)10-9-18-17(22)14-7-3-4-8-14/h11-14H,1-10H2,(H,18,22). The zero-order valence-corrected chi connectivity index (χ0v) is 13.1. The van der Waals surface area contributed by atoms with Crippen LogP contribution in [0.3, 0.4) is 0 Å². The van der Waals surface area contributed by atoms with E-state index in [2.05, 4.69) is 10.3 Å². The van der Waals surface area contributed by atoms with Crippen LogP contribution in [0.4, 0.5) is 0 Å². The number of amides is 1. The molecule has 120 valence electrons. The summed E-state index contributed by atoms with van der Waals surface area (Å²) in [7, 11) is 0. The SMILES string of the molecule is O=C(NCCn1cnc(C2CCCC2)cc1=O)C1CCCC1. The van der Waals surface area contributed by atoms with Crippen molar-refractivity contribution in [1.82, 2.24) is 14.9 Å². The first kappa shape index (κ1) is 15.3. The van der Waals surface area contributed by atoms with E-state index in [0.717, 1.165) is 44.2 Å². The summed E-state index contributed by atoms with van der Waals surface area (Å²) in [4.78, 5) is 28.5. The van der Waals surface area contributed by atoms with Gasteiger partial charge in [0.15, 0.2) is 0 Å². The van der Waals surface area contributed by atoms with Crippen LogP contribution in [0.15, 0.2) is 17.2 Å². The maximum absolute atomic E-state index is 12.1. The third-order valence-electron chi connectivity index (χ3n) is 5.05. The van der Waals surface area contributed by atoms with Crippen molar-refractivity contribution < 1.29 is 4.79 Å². The number of rotatable bonds is 5. The monoisotopic (exact) mass is 303 g/mol. The molecule has 2 aliphatic carbocycles. The van der Waals surface area contributed by atoms with Crippen molar-refractivity contribution >= 4 is 5.91 Å². The number of nitrogens with one attached hydrogen (secondary N) is 1. The van der Waals surface area contributed by atoms with Crippen LogP contribution in [0.2, 0.25) is 0 Å². The highest BCUT2D eigenvalue weighted by Gasteiger charge is 2.22. The largest absolute Gasteiger partial charge is 0.354 e. The van der Waals surface area contributed by atoms with Crippen LogP contribution in [0.5, 0.6) is 0 Å². The first-order valence-electron chi connectivity index (χ1n) is 8.58. The van der Waals surface area contributed by atoms with E-state index >= 15 is 0 Å². The molecule has 1 N–H and O–H groups in total. The summed E-state index contributed by atoms with van der Waals surface area (Å²) in [5.74, 6) is 0.782. The summed E-state index contributed by atoms with van der Waals surface area (Å²) in [6.45, 7) is 0.995. The molecule has 1 aromatic rings. The topological polar surface area (TPSA) is 64.0 Å². The van der Waals surface area contributed by atoms with Gasteiger partial charge in [-0.1, -0.05) is 25.7 Å². The summed E-state index contributed by atoms with van der Waals surface area (Å²) >= 11 is 0. The second-order valence-electron chi connectivity index (χ2n) is 6.60. The van der Waals surface area contributed by atoms with Gasteiger partial charge in [-0.25, -0.2) is 4.98 Å². The predicted octanol–water partition coefficient (Wildman–Crippen LogP) is 2.21. The molecule has 5 heteroatoms.